The molecule has 0 fully saturated rings. The monoisotopic (exact) mass is 573 g/mol. The highest BCUT2D eigenvalue weighted by Gasteiger charge is 2.36. The first kappa shape index (κ1) is 32.2. The Balaban J connectivity index is 1.99. The average molecular weight is 574 g/mol. The standard InChI is InChI=1S/C34H43N3O5/c1-5-6-13-22-37(30(27-16-11-8-12-17-27)31(39)35-24-26-14-9-7-10-15-26)32(40)29(36-33(41)42-34(2,3)4)23-25-18-20-28(38)21-19-25/h7-12,14-21,29-30,38H,5-6,13,22-24H2,1-4H3,(H,35,39)(H,36,41). The number of carbonyl (C=O) groups excluding carboxylic acids is 3. The van der Waals surface area contributed by atoms with E-state index in [1.54, 1.807) is 37.8 Å². The van der Waals surface area contributed by atoms with Gasteiger partial charge in [-0.25, -0.2) is 4.79 Å². The lowest BCUT2D eigenvalue weighted by atomic mass is 9.99. The predicted octanol–water partition coefficient (Wildman–Crippen LogP) is 5.90. The van der Waals surface area contributed by atoms with Crippen LogP contribution in [0.15, 0.2) is 84.9 Å². The molecule has 3 aromatic rings. The molecule has 2 unspecified atom stereocenters. The van der Waals surface area contributed by atoms with Gasteiger partial charge in [0.15, 0.2) is 0 Å². The second-order valence-corrected chi connectivity index (χ2v) is 11.3. The number of hydrogen-bond donors (Lipinski definition) is 3. The van der Waals surface area contributed by atoms with E-state index in [4.69, 9.17) is 4.74 Å². The molecule has 0 spiro atoms. The molecule has 224 valence electrons. The average Bonchev–Trinajstić information content (AvgIpc) is 2.96. The summed E-state index contributed by atoms with van der Waals surface area (Å²) in [5.74, 6) is -0.605. The van der Waals surface area contributed by atoms with Gasteiger partial charge in [-0.05, 0) is 56.0 Å². The summed E-state index contributed by atoms with van der Waals surface area (Å²) in [4.78, 5) is 42.8. The summed E-state index contributed by atoms with van der Waals surface area (Å²) in [6.45, 7) is 7.97. The number of ether oxygens (including phenoxy) is 1. The Bertz CT molecular complexity index is 1270. The Kier molecular flexibility index (Phi) is 12.0. The van der Waals surface area contributed by atoms with E-state index in [2.05, 4.69) is 17.6 Å². The number of aromatic hydroxyl groups is 1. The molecule has 2 atom stereocenters. The summed E-state index contributed by atoms with van der Waals surface area (Å²) in [6, 6.07) is 23.4. The van der Waals surface area contributed by atoms with Crippen molar-refractivity contribution in [2.45, 2.75) is 77.6 Å². The minimum absolute atomic E-state index is 0.0992. The largest absolute Gasteiger partial charge is 0.508 e. The minimum atomic E-state index is -1.01. The molecule has 0 saturated carbocycles. The Morgan fingerprint density at radius 3 is 2.07 bits per heavy atom. The fourth-order valence-electron chi connectivity index (χ4n) is 4.61. The first-order valence-corrected chi connectivity index (χ1v) is 14.5. The van der Waals surface area contributed by atoms with Gasteiger partial charge in [0.25, 0.3) is 0 Å². The molecule has 3 N–H and O–H groups in total. The van der Waals surface area contributed by atoms with E-state index in [1.165, 1.54) is 12.1 Å². The van der Waals surface area contributed by atoms with E-state index >= 15 is 0 Å². The third-order valence-electron chi connectivity index (χ3n) is 6.64. The summed E-state index contributed by atoms with van der Waals surface area (Å²) in [5, 5.41) is 15.5. The van der Waals surface area contributed by atoms with Crippen molar-refractivity contribution in [1.82, 2.24) is 15.5 Å². The van der Waals surface area contributed by atoms with Crippen molar-refractivity contribution in [1.29, 1.82) is 0 Å². The van der Waals surface area contributed by atoms with E-state index in [0.717, 1.165) is 24.0 Å². The molecule has 0 saturated heterocycles. The maximum Gasteiger partial charge on any atom is 0.408 e. The number of phenolic OH excluding ortho intramolecular Hbond substituents is 1. The van der Waals surface area contributed by atoms with Gasteiger partial charge in [-0.3, -0.25) is 9.59 Å². The SMILES string of the molecule is CCCCCN(C(=O)C(Cc1ccc(O)cc1)NC(=O)OC(C)(C)C)C(C(=O)NCc1ccccc1)c1ccccc1. The van der Waals surface area contributed by atoms with Crippen molar-refractivity contribution in [2.24, 2.45) is 0 Å². The molecule has 3 amide bonds. The molecule has 0 bridgehead atoms. The molecule has 3 aromatic carbocycles. The van der Waals surface area contributed by atoms with Crippen molar-refractivity contribution in [2.75, 3.05) is 6.54 Å². The molecule has 8 heteroatoms. The zero-order chi connectivity index (χ0) is 30.5. The van der Waals surface area contributed by atoms with Crippen LogP contribution in [0.5, 0.6) is 5.75 Å². The molecular formula is C34H43N3O5. The van der Waals surface area contributed by atoms with Gasteiger partial charge in [0.1, 0.15) is 23.4 Å². The normalized spacial score (nSPS) is 12.6. The molecule has 3 rings (SSSR count). The zero-order valence-electron chi connectivity index (χ0n) is 25.0. The van der Waals surface area contributed by atoms with Gasteiger partial charge in [0.05, 0.1) is 0 Å². The topological polar surface area (TPSA) is 108 Å². The number of nitrogens with one attached hydrogen (secondary N) is 2. The van der Waals surface area contributed by atoms with Crippen molar-refractivity contribution in [3.8, 4) is 5.75 Å². The van der Waals surface area contributed by atoms with E-state index in [9.17, 15) is 19.5 Å². The highest BCUT2D eigenvalue weighted by Crippen LogP contribution is 2.25. The fraction of sp³-hybridized carbons (Fsp3) is 0.382. The maximum atomic E-state index is 14.4. The van der Waals surface area contributed by atoms with Crippen LogP contribution in [0.4, 0.5) is 4.79 Å². The van der Waals surface area contributed by atoms with Crippen molar-refractivity contribution in [3.63, 3.8) is 0 Å². The van der Waals surface area contributed by atoms with Gasteiger partial charge in [-0.15, -0.1) is 0 Å². The summed E-state index contributed by atoms with van der Waals surface area (Å²) in [6.07, 6.45) is 1.92. The van der Waals surface area contributed by atoms with Crippen LogP contribution >= 0.6 is 0 Å². The zero-order valence-corrected chi connectivity index (χ0v) is 25.0. The Morgan fingerprint density at radius 1 is 0.857 bits per heavy atom. The van der Waals surface area contributed by atoms with Crippen LogP contribution in [-0.2, 0) is 27.3 Å². The number of phenols is 1. The van der Waals surface area contributed by atoms with Crippen LogP contribution in [-0.4, -0.2) is 46.1 Å². The summed E-state index contributed by atoms with van der Waals surface area (Å²) in [7, 11) is 0. The third kappa shape index (κ3) is 10.3. The number of alkyl carbamates (subject to hydrolysis) is 1. The van der Waals surface area contributed by atoms with Crippen LogP contribution in [0, 0.1) is 0 Å². The summed E-state index contributed by atoms with van der Waals surface area (Å²) in [5.41, 5.74) is 1.59. The number of benzene rings is 3. The highest BCUT2D eigenvalue weighted by molar-refractivity contribution is 5.92. The molecule has 0 aliphatic heterocycles. The number of unbranched alkanes of at least 4 members (excludes halogenated alkanes) is 2. The summed E-state index contributed by atoms with van der Waals surface area (Å²) >= 11 is 0. The lowest BCUT2D eigenvalue weighted by molar-refractivity contribution is -0.142. The van der Waals surface area contributed by atoms with Gasteiger partial charge in [-0.2, -0.15) is 0 Å². The smallest absolute Gasteiger partial charge is 0.408 e. The van der Waals surface area contributed by atoms with Crippen molar-refractivity contribution >= 4 is 17.9 Å². The molecule has 0 aromatic heterocycles. The fourth-order valence-corrected chi connectivity index (χ4v) is 4.61. The van der Waals surface area contributed by atoms with E-state index in [-0.39, 0.29) is 18.1 Å². The van der Waals surface area contributed by atoms with Gasteiger partial charge >= 0.3 is 6.09 Å². The first-order valence-electron chi connectivity index (χ1n) is 14.5. The Morgan fingerprint density at radius 2 is 1.48 bits per heavy atom. The lowest BCUT2D eigenvalue weighted by Gasteiger charge is -2.34. The van der Waals surface area contributed by atoms with Gasteiger partial charge < -0.3 is 25.4 Å². The molecular weight excluding hydrogens is 530 g/mol. The number of nitrogens with zero attached hydrogens (tertiary/aromatic N) is 1. The predicted molar refractivity (Wildman–Crippen MR) is 164 cm³/mol. The lowest BCUT2D eigenvalue weighted by Crippen LogP contribution is -2.54. The van der Waals surface area contributed by atoms with Crippen molar-refractivity contribution < 1.29 is 24.2 Å². The van der Waals surface area contributed by atoms with Crippen LogP contribution in [0.1, 0.15) is 69.7 Å². The van der Waals surface area contributed by atoms with Crippen LogP contribution in [0.2, 0.25) is 0 Å². The highest BCUT2D eigenvalue weighted by atomic mass is 16.6. The number of hydrogen-bond acceptors (Lipinski definition) is 5. The van der Waals surface area contributed by atoms with Gasteiger partial charge in [0, 0.05) is 19.5 Å². The molecule has 0 aliphatic rings. The van der Waals surface area contributed by atoms with Gasteiger partial charge in [0.2, 0.25) is 11.8 Å². The minimum Gasteiger partial charge on any atom is -0.508 e. The van der Waals surface area contributed by atoms with Gasteiger partial charge in [-0.1, -0.05) is 92.6 Å². The second-order valence-electron chi connectivity index (χ2n) is 11.3. The molecule has 42 heavy (non-hydrogen) atoms. The molecule has 0 heterocycles. The van der Waals surface area contributed by atoms with Crippen LogP contribution < -0.4 is 10.6 Å². The second kappa shape index (κ2) is 15.6. The van der Waals surface area contributed by atoms with E-state index in [0.29, 0.717) is 25.1 Å². The quantitative estimate of drug-likeness (QED) is 0.221. The summed E-state index contributed by atoms with van der Waals surface area (Å²) < 4.78 is 5.49. The first-order chi connectivity index (χ1) is 20.1. The van der Waals surface area contributed by atoms with Crippen molar-refractivity contribution in [3.05, 3.63) is 102 Å². The Labute approximate surface area is 249 Å². The molecule has 0 aliphatic carbocycles. The number of rotatable bonds is 13. The molecule has 0 radical (unpaired) electrons. The number of carbonyl (C=O) groups is 3. The van der Waals surface area contributed by atoms with E-state index in [1.807, 2.05) is 60.7 Å². The maximum absolute atomic E-state index is 14.4. The Hall–Kier alpha value is -4.33. The molecule has 8 nitrogen and oxygen atoms in total. The van der Waals surface area contributed by atoms with Crippen LogP contribution in [0.3, 0.4) is 0 Å². The third-order valence-corrected chi connectivity index (χ3v) is 6.64. The van der Waals surface area contributed by atoms with E-state index < -0.39 is 29.7 Å². The van der Waals surface area contributed by atoms with Crippen LogP contribution in [0.25, 0.3) is 0 Å². The number of amides is 3.